The molecule has 0 radical (unpaired) electrons. The zero-order chi connectivity index (χ0) is 22.2. The maximum absolute atomic E-state index is 14.7. The summed E-state index contributed by atoms with van der Waals surface area (Å²) in [6.07, 6.45) is 5.47. The SMILES string of the molecule is CS(=O)(=O)NC(=O)c1cc(C2CC2)c(OCC23CC4CC(C2)C(F)(F)C(C4)C3)cc1F. The standard InChI is InChI=1S/C22H26F3NO4S/c1-31(28,29)26-20(27)17-6-16(13-2-3-13)19(7-18(17)23)30-11-21-8-12-4-14(9-21)22(24,25)15(5-12)10-21/h6-7,12-15H,2-5,8-11H2,1H3,(H,26,27). The Balaban J connectivity index is 1.38. The molecular formula is C22H26F3NO4S. The van der Waals surface area contributed by atoms with Crippen molar-refractivity contribution in [2.75, 3.05) is 12.9 Å². The lowest BCUT2D eigenvalue weighted by Crippen LogP contribution is -2.58. The molecule has 0 saturated heterocycles. The average molecular weight is 458 g/mol. The minimum Gasteiger partial charge on any atom is -0.493 e. The zero-order valence-electron chi connectivity index (χ0n) is 17.3. The molecule has 5 fully saturated rings. The van der Waals surface area contributed by atoms with Gasteiger partial charge in [0.15, 0.2) is 0 Å². The van der Waals surface area contributed by atoms with E-state index in [-0.39, 0.29) is 23.5 Å². The van der Waals surface area contributed by atoms with Crippen LogP contribution in [0, 0.1) is 29.0 Å². The van der Waals surface area contributed by atoms with Gasteiger partial charge in [0.1, 0.15) is 11.6 Å². The highest BCUT2D eigenvalue weighted by atomic mass is 32.2. The van der Waals surface area contributed by atoms with Crippen LogP contribution in [0.25, 0.3) is 0 Å². The second kappa shape index (κ2) is 6.86. The van der Waals surface area contributed by atoms with Crippen LogP contribution in [0.2, 0.25) is 0 Å². The molecule has 9 heteroatoms. The minimum absolute atomic E-state index is 0.126. The van der Waals surface area contributed by atoms with Crippen molar-refractivity contribution in [1.82, 2.24) is 4.72 Å². The van der Waals surface area contributed by atoms with Crippen LogP contribution >= 0.6 is 0 Å². The van der Waals surface area contributed by atoms with Crippen molar-refractivity contribution in [3.63, 3.8) is 0 Å². The summed E-state index contributed by atoms with van der Waals surface area (Å²) in [5.41, 5.74) is 0.0335. The number of hydrogen-bond acceptors (Lipinski definition) is 4. The first-order chi connectivity index (χ1) is 14.5. The molecule has 5 aliphatic carbocycles. The Kier molecular flexibility index (Phi) is 4.67. The number of amides is 1. The Labute approximate surface area is 179 Å². The largest absolute Gasteiger partial charge is 0.493 e. The number of nitrogens with one attached hydrogen (secondary N) is 1. The molecule has 1 N–H and O–H groups in total. The Morgan fingerprint density at radius 1 is 1.16 bits per heavy atom. The van der Waals surface area contributed by atoms with E-state index in [1.165, 1.54) is 6.07 Å². The Hall–Kier alpha value is -1.77. The molecule has 2 unspecified atom stereocenters. The number of ether oxygens (including phenoxy) is 1. The number of carbonyl (C=O) groups is 1. The topological polar surface area (TPSA) is 72.5 Å². The molecule has 4 bridgehead atoms. The highest BCUT2D eigenvalue weighted by molar-refractivity contribution is 7.89. The summed E-state index contributed by atoms with van der Waals surface area (Å²) in [7, 11) is -3.82. The van der Waals surface area contributed by atoms with Crippen LogP contribution in [0.5, 0.6) is 5.75 Å². The summed E-state index contributed by atoms with van der Waals surface area (Å²) in [6.45, 7) is 0.265. The average Bonchev–Trinajstić information content (AvgIpc) is 3.48. The van der Waals surface area contributed by atoms with Crippen molar-refractivity contribution in [3.05, 3.63) is 29.1 Å². The Morgan fingerprint density at radius 3 is 2.39 bits per heavy atom. The first-order valence-electron chi connectivity index (χ1n) is 10.8. The van der Waals surface area contributed by atoms with E-state index in [4.69, 9.17) is 4.74 Å². The quantitative estimate of drug-likeness (QED) is 0.694. The zero-order valence-corrected chi connectivity index (χ0v) is 18.1. The first kappa shape index (κ1) is 21.1. The predicted octanol–water partition coefficient (Wildman–Crippen LogP) is 4.23. The fourth-order valence-corrected chi connectivity index (χ4v) is 6.72. The number of benzene rings is 1. The molecule has 6 rings (SSSR count). The number of rotatable bonds is 6. The predicted molar refractivity (Wildman–Crippen MR) is 107 cm³/mol. The van der Waals surface area contributed by atoms with Crippen molar-refractivity contribution in [2.24, 2.45) is 23.2 Å². The highest BCUT2D eigenvalue weighted by Crippen LogP contribution is 2.65. The highest BCUT2D eigenvalue weighted by Gasteiger charge is 2.64. The molecular weight excluding hydrogens is 431 g/mol. The van der Waals surface area contributed by atoms with Gasteiger partial charge in [0.2, 0.25) is 10.0 Å². The van der Waals surface area contributed by atoms with Crippen LogP contribution in [0.3, 0.4) is 0 Å². The van der Waals surface area contributed by atoms with E-state index < -0.39 is 39.5 Å². The van der Waals surface area contributed by atoms with E-state index in [0.29, 0.717) is 42.9 Å². The molecule has 0 spiro atoms. The molecule has 5 nitrogen and oxygen atoms in total. The Morgan fingerprint density at radius 2 is 1.81 bits per heavy atom. The number of sulfonamides is 1. The summed E-state index contributed by atoms with van der Waals surface area (Å²) in [5, 5.41) is 0. The summed E-state index contributed by atoms with van der Waals surface area (Å²) in [4.78, 5) is 12.2. The summed E-state index contributed by atoms with van der Waals surface area (Å²) in [5.74, 6) is -4.90. The lowest BCUT2D eigenvalue weighted by Gasteiger charge is -2.59. The monoisotopic (exact) mass is 457 g/mol. The lowest BCUT2D eigenvalue weighted by molar-refractivity contribution is -0.230. The second-order valence-corrected chi connectivity index (χ2v) is 11.9. The molecule has 0 aromatic heterocycles. The molecule has 1 amide bonds. The van der Waals surface area contributed by atoms with Gasteiger partial charge in [-0.25, -0.2) is 26.3 Å². The molecule has 31 heavy (non-hydrogen) atoms. The third kappa shape index (κ3) is 3.83. The van der Waals surface area contributed by atoms with Crippen LogP contribution in [-0.4, -0.2) is 33.1 Å². The van der Waals surface area contributed by atoms with Crippen LogP contribution in [0.15, 0.2) is 12.1 Å². The first-order valence-corrected chi connectivity index (χ1v) is 12.7. The number of carbonyl (C=O) groups excluding carboxylic acids is 1. The van der Waals surface area contributed by atoms with Crippen LogP contribution in [0.1, 0.15) is 66.8 Å². The van der Waals surface area contributed by atoms with Gasteiger partial charge < -0.3 is 4.74 Å². The van der Waals surface area contributed by atoms with Gasteiger partial charge in [-0.15, -0.1) is 0 Å². The van der Waals surface area contributed by atoms with Gasteiger partial charge in [-0.05, 0) is 68.4 Å². The third-order valence-corrected chi connectivity index (χ3v) is 8.13. The van der Waals surface area contributed by atoms with Gasteiger partial charge in [-0.1, -0.05) is 0 Å². The van der Waals surface area contributed by atoms with Crippen LogP contribution in [-0.2, 0) is 10.0 Å². The van der Waals surface area contributed by atoms with Crippen molar-refractivity contribution < 1.29 is 31.1 Å². The van der Waals surface area contributed by atoms with E-state index in [0.717, 1.165) is 31.6 Å². The van der Waals surface area contributed by atoms with E-state index in [1.807, 2.05) is 0 Å². The van der Waals surface area contributed by atoms with Crippen molar-refractivity contribution in [2.45, 2.75) is 56.8 Å². The molecule has 0 heterocycles. The van der Waals surface area contributed by atoms with Gasteiger partial charge in [0.05, 0.1) is 18.4 Å². The summed E-state index contributed by atoms with van der Waals surface area (Å²) < 4.78 is 74.3. The number of alkyl halides is 2. The maximum Gasteiger partial charge on any atom is 0.267 e. The number of hydrogen-bond donors (Lipinski definition) is 1. The van der Waals surface area contributed by atoms with E-state index in [2.05, 4.69) is 0 Å². The van der Waals surface area contributed by atoms with Gasteiger partial charge >= 0.3 is 0 Å². The molecule has 1 aromatic rings. The second-order valence-electron chi connectivity index (χ2n) is 10.2. The summed E-state index contributed by atoms with van der Waals surface area (Å²) in [6, 6.07) is 2.51. The van der Waals surface area contributed by atoms with Crippen LogP contribution < -0.4 is 9.46 Å². The molecule has 0 aliphatic heterocycles. The third-order valence-electron chi connectivity index (χ3n) is 7.58. The molecule has 1 aromatic carbocycles. The fraction of sp³-hybridized carbons (Fsp3) is 0.682. The summed E-state index contributed by atoms with van der Waals surface area (Å²) >= 11 is 0. The molecule has 2 atom stereocenters. The van der Waals surface area contributed by atoms with Gasteiger partial charge in [0, 0.05) is 23.3 Å². The van der Waals surface area contributed by atoms with E-state index >= 15 is 0 Å². The molecule has 5 aliphatic rings. The maximum atomic E-state index is 14.7. The minimum atomic E-state index is -3.82. The Bertz CT molecular complexity index is 1020. The molecule has 170 valence electrons. The van der Waals surface area contributed by atoms with Crippen molar-refractivity contribution in [1.29, 1.82) is 0 Å². The van der Waals surface area contributed by atoms with Crippen molar-refractivity contribution >= 4 is 15.9 Å². The van der Waals surface area contributed by atoms with Crippen molar-refractivity contribution in [3.8, 4) is 5.75 Å². The number of halogens is 3. The van der Waals surface area contributed by atoms with Gasteiger partial charge in [-0.2, -0.15) is 0 Å². The van der Waals surface area contributed by atoms with E-state index in [1.54, 1.807) is 4.72 Å². The van der Waals surface area contributed by atoms with Gasteiger partial charge in [-0.3, -0.25) is 4.79 Å². The van der Waals surface area contributed by atoms with Crippen LogP contribution in [0.4, 0.5) is 13.2 Å². The lowest BCUT2D eigenvalue weighted by atomic mass is 9.48. The molecule has 5 saturated carbocycles. The van der Waals surface area contributed by atoms with E-state index in [9.17, 15) is 26.4 Å². The van der Waals surface area contributed by atoms with Gasteiger partial charge in [0.25, 0.3) is 11.8 Å². The fourth-order valence-electron chi connectivity index (χ4n) is 6.28. The smallest absolute Gasteiger partial charge is 0.267 e. The normalized spacial score (nSPS) is 33.4.